The Morgan fingerprint density at radius 1 is 1.05 bits per heavy atom. The van der Waals surface area contributed by atoms with E-state index in [1.54, 1.807) is 11.0 Å². The zero-order valence-corrected chi connectivity index (χ0v) is 22.9. The largest absolute Gasteiger partial charge is 0.369 e. The highest BCUT2D eigenvalue weighted by Crippen LogP contribution is 2.25. The Balaban J connectivity index is 1.63. The molecule has 1 saturated heterocycles. The van der Waals surface area contributed by atoms with E-state index in [1.807, 2.05) is 43.3 Å². The van der Waals surface area contributed by atoms with Crippen LogP contribution in [-0.4, -0.2) is 54.8 Å². The summed E-state index contributed by atoms with van der Waals surface area (Å²) >= 11 is 6.43. The van der Waals surface area contributed by atoms with Gasteiger partial charge in [0.2, 0.25) is 0 Å². The first kappa shape index (κ1) is 26.7. The molecule has 0 atom stereocenters. The number of amides is 1. The quantitative estimate of drug-likeness (QED) is 0.483. The lowest BCUT2D eigenvalue weighted by molar-refractivity contribution is -0.123. The molecular formula is C30H36ClN5O. The Hall–Kier alpha value is -3.35. The Kier molecular flexibility index (Phi) is 8.85. The number of hydrogen-bond acceptors (Lipinski definition) is 5. The highest BCUT2D eigenvalue weighted by Gasteiger charge is 2.25. The topological polar surface area (TPSA) is 51.2 Å². The highest BCUT2D eigenvalue weighted by molar-refractivity contribution is 6.31. The number of nitrogens with one attached hydrogen (secondary N) is 1. The molecule has 0 radical (unpaired) electrons. The van der Waals surface area contributed by atoms with Gasteiger partial charge in [-0.1, -0.05) is 42.8 Å². The predicted molar refractivity (Wildman–Crippen MR) is 155 cm³/mol. The number of aliphatic imine (C=N–C) groups is 1. The number of nitrogens with zero attached hydrogens (tertiary/aromatic N) is 4. The standard InChI is InChI=1S/C30H36ClN5O/c1-5-22(3)29(32-25-12-14-26(15-13-25)35-19-17-34(4)18-20-35)33-30-23(6-2)11-16-28(37)36(30)21-24-9-7-8-10-27(24)31/h6-16,32H,5,17-21H2,1-4H3/b23-6-,29-22+,33-30+. The number of amidine groups is 1. The molecule has 0 spiro atoms. The molecule has 0 aromatic heterocycles. The van der Waals surface area contributed by atoms with Crippen molar-refractivity contribution in [2.45, 2.75) is 33.7 Å². The van der Waals surface area contributed by atoms with Crippen LogP contribution >= 0.6 is 11.6 Å². The minimum atomic E-state index is -0.116. The summed E-state index contributed by atoms with van der Waals surface area (Å²) in [5.41, 5.74) is 5.06. The van der Waals surface area contributed by atoms with Crippen LogP contribution in [-0.2, 0) is 11.3 Å². The number of rotatable bonds is 7. The van der Waals surface area contributed by atoms with Crippen molar-refractivity contribution in [2.24, 2.45) is 4.99 Å². The van der Waals surface area contributed by atoms with E-state index in [0.29, 0.717) is 17.4 Å². The highest BCUT2D eigenvalue weighted by atomic mass is 35.5. The molecule has 0 aliphatic carbocycles. The number of anilines is 2. The van der Waals surface area contributed by atoms with Gasteiger partial charge < -0.3 is 15.1 Å². The second kappa shape index (κ2) is 12.3. The average Bonchev–Trinajstić information content (AvgIpc) is 2.91. The first-order valence-corrected chi connectivity index (χ1v) is 13.3. The molecule has 2 aliphatic heterocycles. The molecule has 2 aromatic rings. The van der Waals surface area contributed by atoms with Crippen molar-refractivity contribution in [3.63, 3.8) is 0 Å². The second-order valence-electron chi connectivity index (χ2n) is 9.47. The number of hydrogen-bond donors (Lipinski definition) is 1. The number of carbonyl (C=O) groups excluding carboxylic acids is 1. The normalized spacial score (nSPS) is 19.5. The maximum atomic E-state index is 13.0. The van der Waals surface area contributed by atoms with Gasteiger partial charge in [-0.25, -0.2) is 4.99 Å². The van der Waals surface area contributed by atoms with Crippen molar-refractivity contribution in [3.05, 3.63) is 94.3 Å². The molecule has 1 amide bonds. The van der Waals surface area contributed by atoms with Crippen LogP contribution in [0.5, 0.6) is 0 Å². The fourth-order valence-corrected chi connectivity index (χ4v) is 4.54. The minimum Gasteiger partial charge on any atom is -0.369 e. The van der Waals surface area contributed by atoms with Gasteiger partial charge in [-0.05, 0) is 74.9 Å². The van der Waals surface area contributed by atoms with E-state index in [0.717, 1.165) is 60.8 Å². The molecule has 0 bridgehead atoms. The summed E-state index contributed by atoms with van der Waals surface area (Å²) < 4.78 is 0. The number of benzene rings is 2. The van der Waals surface area contributed by atoms with Gasteiger partial charge in [-0.15, -0.1) is 0 Å². The molecule has 194 valence electrons. The van der Waals surface area contributed by atoms with E-state index in [1.165, 1.54) is 5.69 Å². The molecule has 0 saturated carbocycles. The molecule has 2 aliphatic rings. The Labute approximate surface area is 225 Å². The van der Waals surface area contributed by atoms with E-state index in [4.69, 9.17) is 16.6 Å². The van der Waals surface area contributed by atoms with Gasteiger partial charge in [0.25, 0.3) is 5.91 Å². The van der Waals surface area contributed by atoms with Crippen molar-refractivity contribution in [1.82, 2.24) is 9.80 Å². The molecule has 2 heterocycles. The number of halogens is 1. The van der Waals surface area contributed by atoms with E-state index < -0.39 is 0 Å². The minimum absolute atomic E-state index is 0.116. The van der Waals surface area contributed by atoms with Gasteiger partial charge >= 0.3 is 0 Å². The first-order valence-electron chi connectivity index (χ1n) is 12.9. The smallest absolute Gasteiger partial charge is 0.252 e. The summed E-state index contributed by atoms with van der Waals surface area (Å²) in [5.74, 6) is 1.24. The number of piperazine rings is 1. The summed E-state index contributed by atoms with van der Waals surface area (Å²) in [6, 6.07) is 16.1. The van der Waals surface area contributed by atoms with Crippen molar-refractivity contribution in [1.29, 1.82) is 0 Å². The Morgan fingerprint density at radius 3 is 2.41 bits per heavy atom. The van der Waals surface area contributed by atoms with Crippen LogP contribution in [0.4, 0.5) is 11.4 Å². The molecule has 6 nitrogen and oxygen atoms in total. The summed E-state index contributed by atoms with van der Waals surface area (Å²) in [4.78, 5) is 24.5. The van der Waals surface area contributed by atoms with Crippen molar-refractivity contribution >= 4 is 34.7 Å². The van der Waals surface area contributed by atoms with Gasteiger partial charge in [0.1, 0.15) is 11.7 Å². The molecule has 1 fully saturated rings. The summed E-state index contributed by atoms with van der Waals surface area (Å²) in [5, 5.41) is 4.15. The molecule has 7 heteroatoms. The Morgan fingerprint density at radius 2 is 1.76 bits per heavy atom. The van der Waals surface area contributed by atoms with Crippen LogP contribution in [0, 0.1) is 0 Å². The van der Waals surface area contributed by atoms with E-state index in [9.17, 15) is 4.79 Å². The number of likely N-dealkylation sites (N-methyl/N-ethyl adjacent to an activating group) is 1. The summed E-state index contributed by atoms with van der Waals surface area (Å²) in [6.07, 6.45) is 6.23. The maximum Gasteiger partial charge on any atom is 0.252 e. The van der Waals surface area contributed by atoms with Crippen molar-refractivity contribution in [3.8, 4) is 0 Å². The molecular weight excluding hydrogens is 482 g/mol. The fourth-order valence-electron chi connectivity index (χ4n) is 4.35. The average molecular weight is 518 g/mol. The monoisotopic (exact) mass is 517 g/mol. The Bertz CT molecular complexity index is 1240. The van der Waals surface area contributed by atoms with Crippen LogP contribution < -0.4 is 10.2 Å². The van der Waals surface area contributed by atoms with Crippen LogP contribution in [0.2, 0.25) is 5.02 Å². The third-order valence-corrected chi connectivity index (χ3v) is 7.30. The van der Waals surface area contributed by atoms with Crippen molar-refractivity contribution in [2.75, 3.05) is 43.4 Å². The fraction of sp³-hybridized carbons (Fsp3) is 0.333. The lowest BCUT2D eigenvalue weighted by Crippen LogP contribution is -2.44. The third-order valence-electron chi connectivity index (χ3n) is 6.93. The van der Waals surface area contributed by atoms with Gasteiger partial charge in [-0.3, -0.25) is 9.69 Å². The molecule has 2 aromatic carbocycles. The van der Waals surface area contributed by atoms with Crippen LogP contribution in [0.25, 0.3) is 0 Å². The molecule has 37 heavy (non-hydrogen) atoms. The van der Waals surface area contributed by atoms with Gasteiger partial charge in [0, 0.05) is 54.2 Å². The van der Waals surface area contributed by atoms with E-state index >= 15 is 0 Å². The first-order chi connectivity index (χ1) is 17.9. The maximum absolute atomic E-state index is 13.0. The number of carbonyl (C=O) groups is 1. The van der Waals surface area contributed by atoms with E-state index in [-0.39, 0.29) is 5.91 Å². The predicted octanol–water partition coefficient (Wildman–Crippen LogP) is 6.09. The van der Waals surface area contributed by atoms with E-state index in [2.05, 4.69) is 60.3 Å². The third kappa shape index (κ3) is 6.51. The summed E-state index contributed by atoms with van der Waals surface area (Å²) in [6.45, 7) is 10.7. The van der Waals surface area contributed by atoms with Gasteiger partial charge in [0.05, 0.1) is 6.54 Å². The SMILES string of the molecule is C/C=C1/C=CC(=O)N(Cc2ccccc2Cl)/C1=N/C(Nc1ccc(N2CCN(C)CC2)cc1)=C(\C)CC. The molecule has 4 rings (SSSR count). The van der Waals surface area contributed by atoms with Gasteiger partial charge in [-0.2, -0.15) is 0 Å². The van der Waals surface area contributed by atoms with Crippen LogP contribution in [0.1, 0.15) is 32.8 Å². The zero-order valence-electron chi connectivity index (χ0n) is 22.2. The van der Waals surface area contributed by atoms with Crippen LogP contribution in [0.3, 0.4) is 0 Å². The van der Waals surface area contributed by atoms with Gasteiger partial charge in [0.15, 0.2) is 0 Å². The summed E-state index contributed by atoms with van der Waals surface area (Å²) in [7, 11) is 2.17. The lowest BCUT2D eigenvalue weighted by Gasteiger charge is -2.34. The molecule has 0 unspecified atom stereocenters. The van der Waals surface area contributed by atoms with Crippen molar-refractivity contribution < 1.29 is 4.79 Å². The lowest BCUT2D eigenvalue weighted by atomic mass is 10.1. The number of allylic oxidation sites excluding steroid dienone is 2. The van der Waals surface area contributed by atoms with Crippen LogP contribution in [0.15, 0.2) is 88.7 Å². The molecule has 1 N–H and O–H groups in total. The zero-order chi connectivity index (χ0) is 26.4. The second-order valence-corrected chi connectivity index (χ2v) is 9.88.